The molecule has 0 spiro atoms. The molecule has 0 aliphatic rings. The number of rotatable bonds is 7. The van der Waals surface area contributed by atoms with E-state index in [2.05, 4.69) is 31.4 Å². The molecule has 0 saturated heterocycles. The van der Waals surface area contributed by atoms with E-state index < -0.39 is 11.7 Å². The van der Waals surface area contributed by atoms with Gasteiger partial charge in [-0.15, -0.1) is 0 Å². The monoisotopic (exact) mass is 479 g/mol. The summed E-state index contributed by atoms with van der Waals surface area (Å²) in [6, 6.07) is 15.4. The van der Waals surface area contributed by atoms with E-state index in [-0.39, 0.29) is 5.82 Å². The van der Waals surface area contributed by atoms with Gasteiger partial charge in [-0.3, -0.25) is 5.43 Å². The van der Waals surface area contributed by atoms with Crippen molar-refractivity contribution in [2.45, 2.75) is 12.8 Å². The van der Waals surface area contributed by atoms with Gasteiger partial charge in [-0.1, -0.05) is 30.3 Å². The van der Waals surface area contributed by atoms with E-state index in [0.29, 0.717) is 28.1 Å². The second kappa shape index (κ2) is 9.62. The van der Waals surface area contributed by atoms with Gasteiger partial charge >= 0.3 is 6.18 Å². The number of hydrogen-bond donors (Lipinski definition) is 1. The Morgan fingerprint density at radius 3 is 2.50 bits per heavy atom. The number of halogens is 4. The number of hydrogen-bond acceptors (Lipinski definition) is 5. The predicted molar refractivity (Wildman–Crippen MR) is 112 cm³/mol. The van der Waals surface area contributed by atoms with E-state index in [9.17, 15) is 13.2 Å². The van der Waals surface area contributed by atoms with Crippen molar-refractivity contribution in [3.05, 3.63) is 82.0 Å². The molecule has 0 aliphatic carbocycles. The lowest BCUT2D eigenvalue weighted by Crippen LogP contribution is -2.05. The number of methoxy groups -OCH3 is 1. The first kappa shape index (κ1) is 21.6. The van der Waals surface area contributed by atoms with Gasteiger partial charge in [-0.25, -0.2) is 4.98 Å². The number of ether oxygens (including phenoxy) is 2. The average molecular weight is 480 g/mol. The van der Waals surface area contributed by atoms with Gasteiger partial charge in [0.2, 0.25) is 0 Å². The van der Waals surface area contributed by atoms with Crippen LogP contribution < -0.4 is 14.9 Å². The highest BCUT2D eigenvalue weighted by atomic mass is 79.9. The first-order valence-corrected chi connectivity index (χ1v) is 9.52. The molecule has 1 N–H and O–H groups in total. The minimum atomic E-state index is -4.43. The van der Waals surface area contributed by atoms with Crippen molar-refractivity contribution in [1.82, 2.24) is 4.98 Å². The molecular formula is C21H17BrF3N3O2. The van der Waals surface area contributed by atoms with Gasteiger partial charge in [0.15, 0.2) is 11.5 Å². The molecule has 9 heteroatoms. The van der Waals surface area contributed by atoms with Crippen LogP contribution in [0.1, 0.15) is 16.7 Å². The molecule has 5 nitrogen and oxygen atoms in total. The maximum absolute atomic E-state index is 12.6. The first-order chi connectivity index (χ1) is 14.4. The fourth-order valence-electron chi connectivity index (χ4n) is 2.45. The standard InChI is InChI=1S/C21H17BrF3N3O2/c1-29-18-9-15(11-27-28-20-8-7-16(12-26-20)21(23,24)25)17(22)10-19(18)30-13-14-5-3-2-4-6-14/h2-12H,13H2,1H3,(H,26,28)/b27-11-. The van der Waals surface area contributed by atoms with Crippen molar-refractivity contribution in [3.63, 3.8) is 0 Å². The lowest BCUT2D eigenvalue weighted by Gasteiger charge is -2.12. The summed E-state index contributed by atoms with van der Waals surface area (Å²) in [5.74, 6) is 1.26. The molecule has 0 unspecified atom stereocenters. The normalized spacial score (nSPS) is 11.5. The maximum atomic E-state index is 12.6. The largest absolute Gasteiger partial charge is 0.493 e. The van der Waals surface area contributed by atoms with E-state index in [0.717, 1.165) is 17.8 Å². The maximum Gasteiger partial charge on any atom is 0.417 e. The molecule has 0 bridgehead atoms. The van der Waals surface area contributed by atoms with Crippen LogP contribution in [0.2, 0.25) is 0 Å². The number of alkyl halides is 3. The number of hydrazone groups is 1. The Hall–Kier alpha value is -3.07. The molecule has 0 atom stereocenters. The minimum Gasteiger partial charge on any atom is -0.493 e. The molecule has 1 aromatic heterocycles. The van der Waals surface area contributed by atoms with Crippen molar-refractivity contribution in [3.8, 4) is 11.5 Å². The molecule has 0 saturated carbocycles. The summed E-state index contributed by atoms with van der Waals surface area (Å²) in [5.41, 5.74) is 3.47. The van der Waals surface area contributed by atoms with Crippen molar-refractivity contribution >= 4 is 28.0 Å². The first-order valence-electron chi connectivity index (χ1n) is 8.73. The van der Waals surface area contributed by atoms with Gasteiger partial charge < -0.3 is 9.47 Å². The topological polar surface area (TPSA) is 55.7 Å². The zero-order valence-corrected chi connectivity index (χ0v) is 17.4. The third-order valence-corrected chi connectivity index (χ3v) is 4.68. The highest BCUT2D eigenvalue weighted by molar-refractivity contribution is 9.10. The van der Waals surface area contributed by atoms with Gasteiger partial charge in [0, 0.05) is 16.2 Å². The lowest BCUT2D eigenvalue weighted by atomic mass is 10.2. The summed E-state index contributed by atoms with van der Waals surface area (Å²) >= 11 is 3.46. The highest BCUT2D eigenvalue weighted by Gasteiger charge is 2.30. The van der Waals surface area contributed by atoms with Crippen molar-refractivity contribution in [2.24, 2.45) is 5.10 Å². The van der Waals surface area contributed by atoms with Crippen LogP contribution in [-0.2, 0) is 12.8 Å². The lowest BCUT2D eigenvalue weighted by molar-refractivity contribution is -0.137. The highest BCUT2D eigenvalue weighted by Crippen LogP contribution is 2.33. The average Bonchev–Trinajstić information content (AvgIpc) is 2.74. The Morgan fingerprint density at radius 2 is 1.87 bits per heavy atom. The van der Waals surface area contributed by atoms with Crippen LogP contribution in [0.25, 0.3) is 0 Å². The molecule has 0 fully saturated rings. The summed E-state index contributed by atoms with van der Waals surface area (Å²) in [5, 5.41) is 4.02. The molecule has 156 valence electrons. The number of benzene rings is 2. The van der Waals surface area contributed by atoms with Crippen LogP contribution >= 0.6 is 15.9 Å². The Bertz CT molecular complexity index is 1010. The Labute approximate surface area is 179 Å². The quantitative estimate of drug-likeness (QED) is 0.338. The van der Waals surface area contributed by atoms with Crippen LogP contribution in [0.15, 0.2) is 70.4 Å². The number of aromatic nitrogens is 1. The zero-order chi connectivity index (χ0) is 21.6. The summed E-state index contributed by atoms with van der Waals surface area (Å²) in [7, 11) is 1.53. The molecule has 3 aromatic rings. The number of nitrogens with zero attached hydrogens (tertiary/aromatic N) is 2. The second-order valence-corrected chi connectivity index (χ2v) is 6.95. The van der Waals surface area contributed by atoms with E-state index >= 15 is 0 Å². The summed E-state index contributed by atoms with van der Waals surface area (Å²) in [4.78, 5) is 3.70. The van der Waals surface area contributed by atoms with Gasteiger partial charge in [0.05, 0.1) is 18.9 Å². The molecule has 1 heterocycles. The molecule has 0 aliphatic heterocycles. The number of anilines is 1. The molecule has 0 amide bonds. The molecule has 2 aromatic carbocycles. The Kier molecular flexibility index (Phi) is 6.94. The molecular weight excluding hydrogens is 463 g/mol. The van der Waals surface area contributed by atoms with Crippen LogP contribution in [0.3, 0.4) is 0 Å². The summed E-state index contributed by atoms with van der Waals surface area (Å²) in [6.45, 7) is 0.387. The third kappa shape index (κ3) is 5.73. The van der Waals surface area contributed by atoms with Gasteiger partial charge in [0.25, 0.3) is 0 Å². The smallest absolute Gasteiger partial charge is 0.417 e. The van der Waals surface area contributed by atoms with Crippen LogP contribution in [0.4, 0.5) is 19.0 Å². The Morgan fingerprint density at radius 1 is 1.10 bits per heavy atom. The summed E-state index contributed by atoms with van der Waals surface area (Å²) < 4.78 is 49.7. The van der Waals surface area contributed by atoms with E-state index in [1.807, 2.05) is 30.3 Å². The second-order valence-electron chi connectivity index (χ2n) is 6.10. The Balaban J connectivity index is 1.68. The van der Waals surface area contributed by atoms with Gasteiger partial charge in [0.1, 0.15) is 12.4 Å². The molecule has 30 heavy (non-hydrogen) atoms. The van der Waals surface area contributed by atoms with Crippen LogP contribution in [0.5, 0.6) is 11.5 Å². The third-order valence-electron chi connectivity index (χ3n) is 3.99. The van der Waals surface area contributed by atoms with Crippen LogP contribution in [-0.4, -0.2) is 18.3 Å². The zero-order valence-electron chi connectivity index (χ0n) is 15.8. The van der Waals surface area contributed by atoms with Crippen LogP contribution in [0, 0.1) is 0 Å². The molecule has 3 rings (SSSR count). The predicted octanol–water partition coefficient (Wildman–Crippen LogP) is 5.90. The van der Waals surface area contributed by atoms with E-state index in [4.69, 9.17) is 9.47 Å². The van der Waals surface area contributed by atoms with E-state index in [1.165, 1.54) is 19.4 Å². The fourth-order valence-corrected chi connectivity index (χ4v) is 2.88. The minimum absolute atomic E-state index is 0.185. The van der Waals surface area contributed by atoms with Gasteiger partial charge in [-0.05, 0) is 45.8 Å². The number of pyridine rings is 1. The SMILES string of the molecule is COc1cc(/C=N\Nc2ccc(C(F)(F)F)cn2)c(Br)cc1OCc1ccccc1. The summed E-state index contributed by atoms with van der Waals surface area (Å²) in [6.07, 6.45) is -2.19. The molecule has 0 radical (unpaired) electrons. The van der Waals surface area contributed by atoms with Crippen molar-refractivity contribution in [1.29, 1.82) is 0 Å². The number of nitrogens with one attached hydrogen (secondary N) is 1. The van der Waals surface area contributed by atoms with Crippen molar-refractivity contribution < 1.29 is 22.6 Å². The fraction of sp³-hybridized carbons (Fsp3) is 0.143. The van der Waals surface area contributed by atoms with Gasteiger partial charge in [-0.2, -0.15) is 18.3 Å². The van der Waals surface area contributed by atoms with Crippen molar-refractivity contribution in [2.75, 3.05) is 12.5 Å². The van der Waals surface area contributed by atoms with E-state index in [1.54, 1.807) is 12.1 Å².